The fraction of sp³-hybridized carbons (Fsp3) is 0.238. The van der Waals surface area contributed by atoms with Crippen molar-refractivity contribution in [3.8, 4) is 11.5 Å². The monoisotopic (exact) mass is 494 g/mol. The van der Waals surface area contributed by atoms with Crippen molar-refractivity contribution in [2.45, 2.75) is 24.8 Å². The van der Waals surface area contributed by atoms with Gasteiger partial charge >= 0.3 is 0 Å². The molecule has 0 saturated carbocycles. The Morgan fingerprint density at radius 3 is 2.81 bits per heavy atom. The van der Waals surface area contributed by atoms with Crippen molar-refractivity contribution in [1.82, 2.24) is 15.6 Å². The van der Waals surface area contributed by atoms with E-state index in [2.05, 4.69) is 20.7 Å². The van der Waals surface area contributed by atoms with Crippen LogP contribution < -0.4 is 14.9 Å². The third kappa shape index (κ3) is 7.18. The summed E-state index contributed by atoms with van der Waals surface area (Å²) in [5, 5.41) is 13.0. The van der Waals surface area contributed by atoms with Crippen molar-refractivity contribution >= 4 is 46.8 Å². The van der Waals surface area contributed by atoms with Gasteiger partial charge in [0.05, 0.1) is 23.6 Å². The topological polar surface area (TPSA) is 85.7 Å². The number of aromatic nitrogens is 2. The summed E-state index contributed by atoms with van der Waals surface area (Å²) in [5.74, 6) is 0.563. The molecule has 32 heavy (non-hydrogen) atoms. The second kappa shape index (κ2) is 11.8. The third-order valence-electron chi connectivity index (χ3n) is 3.90. The molecule has 7 nitrogen and oxygen atoms in total. The molecule has 2 aromatic carbocycles. The van der Waals surface area contributed by atoms with Crippen molar-refractivity contribution in [3.05, 3.63) is 63.4 Å². The molecule has 0 spiro atoms. The lowest BCUT2D eigenvalue weighted by molar-refractivity contribution is -0.118. The van der Waals surface area contributed by atoms with Crippen LogP contribution in [0.1, 0.15) is 23.1 Å². The van der Waals surface area contributed by atoms with E-state index in [0.29, 0.717) is 34.3 Å². The second-order valence-corrected chi connectivity index (χ2v) is 9.14. The average molecular weight is 495 g/mol. The summed E-state index contributed by atoms with van der Waals surface area (Å²) in [6.45, 7) is 4.32. The van der Waals surface area contributed by atoms with E-state index in [0.717, 1.165) is 9.35 Å². The van der Waals surface area contributed by atoms with E-state index in [9.17, 15) is 9.18 Å². The summed E-state index contributed by atoms with van der Waals surface area (Å²) in [5.41, 5.74) is 3.85. The fourth-order valence-corrected chi connectivity index (χ4v) is 4.29. The minimum atomic E-state index is -0.404. The van der Waals surface area contributed by atoms with Gasteiger partial charge in [-0.1, -0.05) is 40.8 Å². The number of aryl methyl sites for hydroxylation is 1. The number of ether oxygens (including phenoxy) is 2. The molecule has 1 aromatic heterocycles. The van der Waals surface area contributed by atoms with Gasteiger partial charge in [-0.2, -0.15) is 5.10 Å². The molecule has 168 valence electrons. The minimum Gasteiger partial charge on any atom is -0.490 e. The maximum absolute atomic E-state index is 13.2. The molecule has 0 aliphatic carbocycles. The molecular formula is C21H20ClFN4O3S2. The molecule has 0 fully saturated rings. The number of hydrogen-bond donors (Lipinski definition) is 1. The third-order valence-corrected chi connectivity index (χ3v) is 6.23. The first-order valence-corrected chi connectivity index (χ1v) is 11.7. The van der Waals surface area contributed by atoms with Gasteiger partial charge in [-0.15, -0.1) is 10.2 Å². The Hall–Kier alpha value is -2.69. The zero-order valence-corrected chi connectivity index (χ0v) is 19.7. The smallest absolute Gasteiger partial charge is 0.250 e. The first kappa shape index (κ1) is 24.0. The van der Waals surface area contributed by atoms with Crippen LogP contribution >= 0.6 is 34.7 Å². The zero-order chi connectivity index (χ0) is 22.9. The summed E-state index contributed by atoms with van der Waals surface area (Å²) in [6, 6.07) is 9.41. The molecule has 1 heterocycles. The van der Waals surface area contributed by atoms with Gasteiger partial charge in [0.2, 0.25) is 0 Å². The first-order valence-electron chi connectivity index (χ1n) is 9.53. The van der Waals surface area contributed by atoms with Crippen LogP contribution in [0.2, 0.25) is 5.02 Å². The number of hydrazone groups is 1. The number of benzene rings is 2. The SMILES string of the molecule is CCOc1cc(C=NNC(=O)CSc2nnc(C)s2)ccc1OCc1ccc(F)cc1Cl. The highest BCUT2D eigenvalue weighted by molar-refractivity contribution is 8.01. The number of rotatable bonds is 10. The Morgan fingerprint density at radius 2 is 2.09 bits per heavy atom. The molecule has 1 amide bonds. The predicted molar refractivity (Wildman–Crippen MR) is 124 cm³/mol. The van der Waals surface area contributed by atoms with Crippen molar-refractivity contribution < 1.29 is 18.7 Å². The molecule has 0 bridgehead atoms. The zero-order valence-electron chi connectivity index (χ0n) is 17.3. The Labute approximate surface area is 198 Å². The van der Waals surface area contributed by atoms with Crippen LogP contribution in [0.4, 0.5) is 4.39 Å². The molecule has 11 heteroatoms. The normalized spacial score (nSPS) is 11.0. The van der Waals surface area contributed by atoms with Crippen LogP contribution in [0.3, 0.4) is 0 Å². The Kier molecular flexibility index (Phi) is 8.83. The lowest BCUT2D eigenvalue weighted by Crippen LogP contribution is -2.19. The van der Waals surface area contributed by atoms with E-state index >= 15 is 0 Å². The standard InChI is InChI=1S/C21H20ClFN4O3S2/c1-3-29-19-8-14(10-24-26-20(28)12-31-21-27-25-13(2)32-21)4-7-18(19)30-11-15-5-6-16(23)9-17(15)22/h4-10H,3,11-12H2,1-2H3,(H,26,28). The quantitative estimate of drug-likeness (QED) is 0.246. The number of nitrogens with one attached hydrogen (secondary N) is 1. The summed E-state index contributed by atoms with van der Waals surface area (Å²) >= 11 is 8.79. The summed E-state index contributed by atoms with van der Waals surface area (Å²) < 4.78 is 25.4. The molecule has 0 aliphatic rings. The van der Waals surface area contributed by atoms with Gasteiger partial charge in [0.15, 0.2) is 15.8 Å². The Balaban J connectivity index is 1.57. The summed E-state index contributed by atoms with van der Waals surface area (Å²) in [4.78, 5) is 11.9. The Bertz CT molecular complexity index is 1110. The van der Waals surface area contributed by atoms with Gasteiger partial charge < -0.3 is 9.47 Å². The lowest BCUT2D eigenvalue weighted by Gasteiger charge is -2.13. The minimum absolute atomic E-state index is 0.161. The maximum atomic E-state index is 13.2. The number of amides is 1. The van der Waals surface area contributed by atoms with Crippen LogP contribution in [0.5, 0.6) is 11.5 Å². The van der Waals surface area contributed by atoms with Crippen molar-refractivity contribution in [1.29, 1.82) is 0 Å². The van der Waals surface area contributed by atoms with Crippen LogP contribution in [0, 0.1) is 12.7 Å². The molecule has 0 unspecified atom stereocenters. The molecule has 1 N–H and O–H groups in total. The van der Waals surface area contributed by atoms with Gasteiger partial charge in [-0.05, 0) is 49.7 Å². The second-order valence-electron chi connectivity index (χ2n) is 6.33. The molecule has 0 aliphatic heterocycles. The number of carbonyl (C=O) groups excluding carboxylic acids is 1. The van der Waals surface area contributed by atoms with Gasteiger partial charge in [-0.25, -0.2) is 9.82 Å². The van der Waals surface area contributed by atoms with Crippen LogP contribution in [-0.4, -0.2) is 34.7 Å². The van der Waals surface area contributed by atoms with E-state index < -0.39 is 5.82 Å². The number of halogens is 2. The van der Waals surface area contributed by atoms with Crippen molar-refractivity contribution in [2.75, 3.05) is 12.4 Å². The molecule has 0 radical (unpaired) electrons. The largest absolute Gasteiger partial charge is 0.490 e. The highest BCUT2D eigenvalue weighted by Gasteiger charge is 2.09. The van der Waals surface area contributed by atoms with Gasteiger partial charge in [0.25, 0.3) is 5.91 Å². The number of carbonyl (C=O) groups is 1. The van der Waals surface area contributed by atoms with Crippen molar-refractivity contribution in [3.63, 3.8) is 0 Å². The predicted octanol–water partition coefficient (Wildman–Crippen LogP) is 4.86. The summed E-state index contributed by atoms with van der Waals surface area (Å²) in [7, 11) is 0. The molecule has 0 atom stereocenters. The highest BCUT2D eigenvalue weighted by atomic mass is 35.5. The van der Waals surface area contributed by atoms with E-state index in [1.165, 1.54) is 41.4 Å². The van der Waals surface area contributed by atoms with E-state index in [-0.39, 0.29) is 18.3 Å². The van der Waals surface area contributed by atoms with E-state index in [1.807, 2.05) is 13.8 Å². The van der Waals surface area contributed by atoms with Gasteiger partial charge in [0, 0.05) is 5.56 Å². The number of hydrogen-bond acceptors (Lipinski definition) is 8. The number of thioether (sulfide) groups is 1. The van der Waals surface area contributed by atoms with Crippen LogP contribution in [-0.2, 0) is 11.4 Å². The lowest BCUT2D eigenvalue weighted by atomic mass is 10.2. The van der Waals surface area contributed by atoms with Gasteiger partial charge in [0.1, 0.15) is 17.4 Å². The van der Waals surface area contributed by atoms with Crippen LogP contribution in [0.25, 0.3) is 0 Å². The maximum Gasteiger partial charge on any atom is 0.250 e. The fourth-order valence-electron chi connectivity index (χ4n) is 2.46. The van der Waals surface area contributed by atoms with Crippen molar-refractivity contribution in [2.24, 2.45) is 5.10 Å². The highest BCUT2D eigenvalue weighted by Crippen LogP contribution is 2.30. The van der Waals surface area contributed by atoms with E-state index in [1.54, 1.807) is 24.3 Å². The molecule has 3 rings (SSSR count). The first-order chi connectivity index (χ1) is 15.4. The average Bonchev–Trinajstić information content (AvgIpc) is 3.18. The summed E-state index contributed by atoms with van der Waals surface area (Å²) in [6.07, 6.45) is 1.51. The van der Waals surface area contributed by atoms with E-state index in [4.69, 9.17) is 21.1 Å². The number of nitrogens with zero attached hydrogens (tertiary/aromatic N) is 3. The Morgan fingerprint density at radius 1 is 1.25 bits per heavy atom. The van der Waals surface area contributed by atoms with Gasteiger partial charge in [-0.3, -0.25) is 4.79 Å². The van der Waals surface area contributed by atoms with Crippen LogP contribution in [0.15, 0.2) is 45.8 Å². The molecule has 0 saturated heterocycles. The molecular weight excluding hydrogens is 475 g/mol. The molecule has 3 aromatic rings.